The normalized spacial score (nSPS) is 12.7. The molecule has 0 radical (unpaired) electrons. The van der Waals surface area contributed by atoms with Crippen LogP contribution in [0.3, 0.4) is 0 Å². The fourth-order valence-electron chi connectivity index (χ4n) is 4.77. The number of hydrogen-bond acceptors (Lipinski definition) is 11. The molecule has 1 atom stereocenters. The number of amides is 1. The number of thioether (sulfide) groups is 1. The Bertz CT molecular complexity index is 1850. The number of nitrogens with zero attached hydrogens (tertiary/aromatic N) is 5. The number of ether oxygens (including phenoxy) is 2. The molecule has 5 rings (SSSR count). The maximum atomic E-state index is 12.2. The zero-order valence-electron chi connectivity index (χ0n) is 26.1. The number of nitrogens with two attached hydrogens (primary N) is 1. The fourth-order valence-corrected chi connectivity index (χ4v) is 6.71. The van der Waals surface area contributed by atoms with E-state index >= 15 is 0 Å². The number of nitriles is 1. The van der Waals surface area contributed by atoms with Gasteiger partial charge in [0.15, 0.2) is 0 Å². The highest BCUT2D eigenvalue weighted by Crippen LogP contribution is 2.45. The molecule has 0 bridgehead atoms. The summed E-state index contributed by atoms with van der Waals surface area (Å²) in [5, 5.41) is 17.0. The average molecular weight is 702 g/mol. The molecule has 14 heteroatoms. The molecule has 11 nitrogen and oxygen atoms in total. The van der Waals surface area contributed by atoms with Crippen molar-refractivity contribution in [2.75, 3.05) is 37.7 Å². The Morgan fingerprint density at radius 2 is 1.90 bits per heavy atom. The second-order valence-electron chi connectivity index (χ2n) is 10.7. The number of benzene rings is 2. The van der Waals surface area contributed by atoms with Gasteiger partial charge in [0.1, 0.15) is 46.9 Å². The number of rotatable bonds is 14. The van der Waals surface area contributed by atoms with E-state index in [4.69, 9.17) is 43.3 Å². The van der Waals surface area contributed by atoms with E-state index in [1.54, 1.807) is 24.3 Å². The van der Waals surface area contributed by atoms with E-state index in [1.807, 2.05) is 29.6 Å². The SMILES string of the molecule is [C-]#[N+]c1c(N2CCC2)nc(SCc2csc(-c3ccc(Cl)cc3)n2)c(C#N)c1-c1ccc(OCCOC(=O)[C@H](C)NC(=O)CCN)cc1. The molecule has 1 aliphatic rings. The van der Waals surface area contributed by atoms with Crippen LogP contribution in [-0.2, 0) is 20.1 Å². The number of carbonyl (C=O) groups excluding carboxylic acids is 2. The van der Waals surface area contributed by atoms with Crippen molar-refractivity contribution in [2.45, 2.75) is 36.6 Å². The van der Waals surface area contributed by atoms with Gasteiger partial charge in [-0.2, -0.15) is 5.26 Å². The van der Waals surface area contributed by atoms with Gasteiger partial charge in [-0.3, -0.25) is 4.79 Å². The summed E-state index contributed by atoms with van der Waals surface area (Å²) in [5.74, 6) is 0.700. The summed E-state index contributed by atoms with van der Waals surface area (Å²) in [4.78, 5) is 39.3. The van der Waals surface area contributed by atoms with E-state index in [-0.39, 0.29) is 32.1 Å². The molecule has 0 unspecified atom stereocenters. The van der Waals surface area contributed by atoms with E-state index < -0.39 is 12.0 Å². The molecule has 0 spiro atoms. The van der Waals surface area contributed by atoms with Crippen LogP contribution in [0.4, 0.5) is 11.5 Å². The van der Waals surface area contributed by atoms with Crippen molar-refractivity contribution in [3.8, 4) is 33.5 Å². The predicted molar refractivity (Wildman–Crippen MR) is 187 cm³/mol. The predicted octanol–water partition coefficient (Wildman–Crippen LogP) is 6.23. The van der Waals surface area contributed by atoms with Crippen LogP contribution in [0.1, 0.15) is 31.0 Å². The Hall–Kier alpha value is -4.66. The van der Waals surface area contributed by atoms with Gasteiger partial charge >= 0.3 is 5.97 Å². The number of halogens is 1. The van der Waals surface area contributed by atoms with Gasteiger partial charge in [0.2, 0.25) is 11.6 Å². The van der Waals surface area contributed by atoms with Crippen molar-refractivity contribution in [1.29, 1.82) is 5.26 Å². The lowest BCUT2D eigenvalue weighted by Gasteiger charge is -2.34. The van der Waals surface area contributed by atoms with Gasteiger partial charge in [0.05, 0.1) is 17.8 Å². The number of anilines is 1. The van der Waals surface area contributed by atoms with Crippen LogP contribution in [0.5, 0.6) is 5.75 Å². The molecular weight excluding hydrogens is 670 g/mol. The van der Waals surface area contributed by atoms with E-state index in [1.165, 1.54) is 30.0 Å². The summed E-state index contributed by atoms with van der Waals surface area (Å²) < 4.78 is 11.0. The summed E-state index contributed by atoms with van der Waals surface area (Å²) >= 11 is 9.00. The van der Waals surface area contributed by atoms with Crippen LogP contribution < -0.4 is 20.7 Å². The third-order valence-electron chi connectivity index (χ3n) is 7.34. The second-order valence-corrected chi connectivity index (χ2v) is 13.0. The first-order chi connectivity index (χ1) is 23.3. The van der Waals surface area contributed by atoms with E-state index in [9.17, 15) is 14.9 Å². The largest absolute Gasteiger partial charge is 0.490 e. The van der Waals surface area contributed by atoms with Gasteiger partial charge in [-0.1, -0.05) is 47.6 Å². The third kappa shape index (κ3) is 8.43. The summed E-state index contributed by atoms with van der Waals surface area (Å²) in [6, 6.07) is 16.1. The minimum atomic E-state index is -0.799. The molecule has 246 valence electrons. The fraction of sp³-hybridized carbons (Fsp3) is 0.294. The number of hydrogen-bond donors (Lipinski definition) is 2. The topological polar surface area (TPSA) is 148 Å². The number of thiazole rings is 1. The van der Waals surface area contributed by atoms with E-state index in [0.717, 1.165) is 35.8 Å². The zero-order valence-corrected chi connectivity index (χ0v) is 28.5. The number of nitrogens with one attached hydrogen (secondary N) is 1. The van der Waals surface area contributed by atoms with Crippen LogP contribution in [0.2, 0.25) is 5.02 Å². The number of esters is 1. The first kappa shape index (κ1) is 34.7. The molecule has 4 aromatic rings. The van der Waals surface area contributed by atoms with Crippen molar-refractivity contribution >= 4 is 58.1 Å². The highest BCUT2D eigenvalue weighted by Gasteiger charge is 2.27. The molecule has 2 aromatic carbocycles. The Labute approximate surface area is 291 Å². The van der Waals surface area contributed by atoms with Crippen molar-refractivity contribution in [1.82, 2.24) is 15.3 Å². The molecule has 1 amide bonds. The molecule has 3 heterocycles. The summed E-state index contributed by atoms with van der Waals surface area (Å²) in [7, 11) is 0. The molecule has 1 fully saturated rings. The summed E-state index contributed by atoms with van der Waals surface area (Å²) in [6.45, 7) is 11.4. The van der Waals surface area contributed by atoms with Crippen molar-refractivity contribution in [3.05, 3.63) is 81.6 Å². The van der Waals surface area contributed by atoms with Crippen molar-refractivity contribution in [2.24, 2.45) is 5.73 Å². The Balaban J connectivity index is 1.30. The highest BCUT2D eigenvalue weighted by atomic mass is 35.5. The van der Waals surface area contributed by atoms with Gasteiger partial charge in [-0.25, -0.2) is 19.6 Å². The minimum absolute atomic E-state index is 0.0115. The number of pyridine rings is 1. The zero-order chi connectivity index (χ0) is 34.0. The van der Waals surface area contributed by atoms with Crippen molar-refractivity contribution < 1.29 is 19.1 Å². The Morgan fingerprint density at radius 3 is 2.54 bits per heavy atom. The molecule has 3 N–H and O–H groups in total. The van der Waals surface area contributed by atoms with Crippen LogP contribution in [-0.4, -0.2) is 60.7 Å². The number of aromatic nitrogens is 2. The lowest BCUT2D eigenvalue weighted by molar-refractivity contribution is -0.148. The van der Waals surface area contributed by atoms with Gasteiger partial charge in [0.25, 0.3) is 0 Å². The molecule has 1 aliphatic heterocycles. The van der Waals surface area contributed by atoms with Crippen LogP contribution >= 0.6 is 34.7 Å². The minimum Gasteiger partial charge on any atom is -0.490 e. The number of carbonyl (C=O) groups is 2. The van der Waals surface area contributed by atoms with E-state index in [0.29, 0.717) is 49.7 Å². The monoisotopic (exact) mass is 701 g/mol. The van der Waals surface area contributed by atoms with Gasteiger partial charge in [0, 0.05) is 53.3 Å². The molecule has 0 saturated carbocycles. The Kier molecular flexibility index (Phi) is 11.9. The maximum Gasteiger partial charge on any atom is 0.328 e. The quantitative estimate of drug-likeness (QED) is 0.0671. The Morgan fingerprint density at radius 1 is 1.17 bits per heavy atom. The maximum absolute atomic E-state index is 12.2. The molecular formula is C34H32ClN7O4S2. The van der Waals surface area contributed by atoms with Crippen LogP contribution in [0.15, 0.2) is 58.9 Å². The standard InChI is InChI=1S/C34H32ClN7O4S2/c1-21(39-28(43)12-13-36)34(44)46-17-16-45-26-10-6-22(7-11-26)29-27(18-37)33(41-31(30(29)38-2)42-14-3-15-42)48-20-25-19-47-32(40-25)23-4-8-24(35)9-5-23/h4-11,19,21H,3,12-17,20,36H2,1H3,(H,39,43)/t21-/m0/s1. The smallest absolute Gasteiger partial charge is 0.328 e. The molecule has 0 aliphatic carbocycles. The second kappa shape index (κ2) is 16.4. The lowest BCUT2D eigenvalue weighted by Crippen LogP contribution is -2.40. The van der Waals surface area contributed by atoms with E-state index in [2.05, 4.69) is 21.1 Å². The van der Waals surface area contributed by atoms with Crippen LogP contribution in [0, 0.1) is 17.9 Å². The first-order valence-electron chi connectivity index (χ1n) is 15.1. The summed E-state index contributed by atoms with van der Waals surface area (Å²) in [5.41, 5.74) is 9.08. The lowest BCUT2D eigenvalue weighted by atomic mass is 9.99. The molecule has 2 aromatic heterocycles. The van der Waals surface area contributed by atoms with Gasteiger partial charge in [-0.15, -0.1) is 11.3 Å². The molecule has 48 heavy (non-hydrogen) atoms. The van der Waals surface area contributed by atoms with Crippen LogP contribution in [0.25, 0.3) is 26.5 Å². The first-order valence-corrected chi connectivity index (χ1v) is 17.4. The molecule has 1 saturated heterocycles. The third-order valence-corrected chi connectivity index (χ3v) is 9.54. The van der Waals surface area contributed by atoms with Gasteiger partial charge in [-0.05, 0) is 43.2 Å². The highest BCUT2D eigenvalue weighted by molar-refractivity contribution is 7.98. The summed E-state index contributed by atoms with van der Waals surface area (Å²) in [6.07, 6.45) is 1.13. The average Bonchev–Trinajstić information content (AvgIpc) is 3.54. The van der Waals surface area contributed by atoms with Gasteiger partial charge < -0.3 is 25.4 Å². The van der Waals surface area contributed by atoms with Crippen molar-refractivity contribution in [3.63, 3.8) is 0 Å².